The molecular formula is C20H18F3N3O2S. The molecule has 0 aliphatic carbocycles. The molecule has 1 aliphatic rings. The lowest BCUT2D eigenvalue weighted by Crippen LogP contribution is -2.39. The number of thiophene rings is 1. The number of nitrogens with one attached hydrogen (secondary N) is 1. The van der Waals surface area contributed by atoms with Gasteiger partial charge in [0.05, 0.1) is 15.8 Å². The van der Waals surface area contributed by atoms with Crippen LogP contribution in [0.2, 0.25) is 0 Å². The first-order valence-electron chi connectivity index (χ1n) is 9.19. The lowest BCUT2D eigenvalue weighted by Gasteiger charge is -2.32. The number of hydrogen-bond donors (Lipinski definition) is 1. The van der Waals surface area contributed by atoms with Crippen molar-refractivity contribution in [3.63, 3.8) is 0 Å². The zero-order chi connectivity index (χ0) is 20.8. The van der Waals surface area contributed by atoms with Gasteiger partial charge in [0.2, 0.25) is 0 Å². The number of pyridine rings is 2. The zero-order valence-electron chi connectivity index (χ0n) is 15.5. The third kappa shape index (κ3) is 3.91. The third-order valence-corrected chi connectivity index (χ3v) is 6.10. The van der Waals surface area contributed by atoms with Crippen LogP contribution in [0.1, 0.15) is 44.7 Å². The first-order chi connectivity index (χ1) is 13.7. The van der Waals surface area contributed by atoms with E-state index in [9.17, 15) is 22.8 Å². The third-order valence-electron chi connectivity index (χ3n) is 5.11. The van der Waals surface area contributed by atoms with Crippen LogP contribution in [0.15, 0.2) is 35.1 Å². The number of aryl methyl sites for hydroxylation is 1. The fraction of sp³-hybridized carbons (Fsp3) is 0.350. The van der Waals surface area contributed by atoms with E-state index in [1.54, 1.807) is 11.0 Å². The van der Waals surface area contributed by atoms with E-state index in [0.717, 1.165) is 29.9 Å². The molecule has 3 aromatic heterocycles. The quantitative estimate of drug-likeness (QED) is 0.670. The lowest BCUT2D eigenvalue weighted by molar-refractivity contribution is -0.140. The predicted molar refractivity (Wildman–Crippen MR) is 104 cm³/mol. The monoisotopic (exact) mass is 421 g/mol. The predicted octanol–water partition coefficient (Wildman–Crippen LogP) is 4.33. The molecule has 1 amide bonds. The number of amides is 1. The van der Waals surface area contributed by atoms with Gasteiger partial charge in [-0.1, -0.05) is 0 Å². The number of H-pyrrole nitrogens is 1. The fourth-order valence-corrected chi connectivity index (χ4v) is 4.49. The van der Waals surface area contributed by atoms with E-state index in [1.165, 1.54) is 17.4 Å². The average molecular weight is 421 g/mol. The van der Waals surface area contributed by atoms with Crippen LogP contribution in [0, 0.1) is 6.92 Å². The Morgan fingerprint density at radius 3 is 2.76 bits per heavy atom. The van der Waals surface area contributed by atoms with E-state index in [2.05, 4.69) is 9.97 Å². The van der Waals surface area contributed by atoms with Gasteiger partial charge in [-0.05, 0) is 50.1 Å². The second-order valence-corrected chi connectivity index (χ2v) is 8.47. The number of fused-ring (bicyclic) bond motifs is 1. The average Bonchev–Trinajstić information content (AvgIpc) is 3.12. The highest BCUT2D eigenvalue weighted by atomic mass is 32.1. The van der Waals surface area contributed by atoms with Gasteiger partial charge in [-0.15, -0.1) is 11.3 Å². The number of halogens is 3. The zero-order valence-corrected chi connectivity index (χ0v) is 16.4. The smallest absolute Gasteiger partial charge is 0.337 e. The van der Waals surface area contributed by atoms with Crippen molar-refractivity contribution < 1.29 is 18.0 Å². The number of likely N-dealkylation sites (tertiary alicyclic amines) is 1. The summed E-state index contributed by atoms with van der Waals surface area (Å²) in [6.07, 6.45) is -3.10. The number of rotatable bonds is 2. The highest BCUT2D eigenvalue weighted by molar-refractivity contribution is 7.13. The lowest BCUT2D eigenvalue weighted by atomic mass is 9.93. The number of piperidine rings is 1. The summed E-state index contributed by atoms with van der Waals surface area (Å²) in [7, 11) is 0. The molecule has 1 saturated heterocycles. The van der Waals surface area contributed by atoms with Crippen molar-refractivity contribution in [2.24, 2.45) is 0 Å². The minimum absolute atomic E-state index is 0.0101. The molecule has 4 rings (SSSR count). The summed E-state index contributed by atoms with van der Waals surface area (Å²) >= 11 is 1.43. The van der Waals surface area contributed by atoms with E-state index in [-0.39, 0.29) is 22.7 Å². The molecule has 0 bridgehead atoms. The van der Waals surface area contributed by atoms with E-state index in [4.69, 9.17) is 0 Å². The van der Waals surface area contributed by atoms with E-state index >= 15 is 0 Å². The molecular weight excluding hydrogens is 403 g/mol. The van der Waals surface area contributed by atoms with Gasteiger partial charge in [0.1, 0.15) is 5.69 Å². The number of carbonyl (C=O) groups is 1. The minimum Gasteiger partial charge on any atom is -0.337 e. The molecule has 1 atom stereocenters. The Balaban J connectivity index is 1.64. The number of nitrogens with zero attached hydrogens (tertiary/aromatic N) is 2. The summed E-state index contributed by atoms with van der Waals surface area (Å²) in [6, 6.07) is 7.14. The summed E-state index contributed by atoms with van der Waals surface area (Å²) in [5, 5.41) is 0.111. The molecule has 0 saturated carbocycles. The minimum atomic E-state index is -4.58. The summed E-state index contributed by atoms with van der Waals surface area (Å²) in [6.45, 7) is 2.94. The van der Waals surface area contributed by atoms with Crippen molar-refractivity contribution in [3.8, 4) is 0 Å². The van der Waals surface area contributed by atoms with Crippen LogP contribution < -0.4 is 5.56 Å². The van der Waals surface area contributed by atoms with Crippen LogP contribution in [0.25, 0.3) is 10.9 Å². The largest absolute Gasteiger partial charge is 0.433 e. The van der Waals surface area contributed by atoms with Gasteiger partial charge in [0.25, 0.3) is 11.5 Å². The summed E-state index contributed by atoms with van der Waals surface area (Å²) < 4.78 is 38.9. The topological polar surface area (TPSA) is 66.1 Å². The molecule has 9 heteroatoms. The summed E-state index contributed by atoms with van der Waals surface area (Å²) in [5.74, 6) is -0.226. The molecule has 5 nitrogen and oxygen atoms in total. The van der Waals surface area contributed by atoms with Crippen molar-refractivity contribution in [1.82, 2.24) is 14.9 Å². The second-order valence-electron chi connectivity index (χ2n) is 7.18. The highest BCUT2D eigenvalue weighted by Crippen LogP contribution is 2.31. The van der Waals surface area contributed by atoms with Crippen LogP contribution in [-0.2, 0) is 6.18 Å². The number of aromatic nitrogens is 2. The molecule has 1 fully saturated rings. The van der Waals surface area contributed by atoms with E-state index < -0.39 is 17.4 Å². The van der Waals surface area contributed by atoms with Crippen molar-refractivity contribution in [1.29, 1.82) is 0 Å². The Kier molecular flexibility index (Phi) is 4.94. The normalized spacial score (nSPS) is 17.7. The number of alkyl halides is 3. The van der Waals surface area contributed by atoms with Gasteiger partial charge in [-0.2, -0.15) is 13.2 Å². The SMILES string of the molecule is Cc1ccc(C(=O)N2CCC[C@@H](c3cc4nc(C(F)(F)F)ccc4c(=O)[nH]3)C2)s1. The number of aromatic amines is 1. The van der Waals surface area contributed by atoms with Gasteiger partial charge >= 0.3 is 6.18 Å². The van der Waals surface area contributed by atoms with Crippen LogP contribution in [-0.4, -0.2) is 33.9 Å². The molecule has 0 aromatic carbocycles. The first kappa shape index (κ1) is 19.6. The summed E-state index contributed by atoms with van der Waals surface area (Å²) in [4.78, 5) is 35.0. The molecule has 0 radical (unpaired) electrons. The van der Waals surface area contributed by atoms with Gasteiger partial charge < -0.3 is 9.88 Å². The Morgan fingerprint density at radius 2 is 2.07 bits per heavy atom. The first-order valence-corrected chi connectivity index (χ1v) is 10.0. The van der Waals surface area contributed by atoms with E-state index in [0.29, 0.717) is 23.7 Å². The molecule has 1 N–H and O–H groups in total. The van der Waals surface area contributed by atoms with Crippen molar-refractivity contribution in [2.75, 3.05) is 13.1 Å². The molecule has 4 heterocycles. The maximum Gasteiger partial charge on any atom is 0.433 e. The van der Waals surface area contributed by atoms with Gasteiger partial charge in [-0.3, -0.25) is 9.59 Å². The molecule has 0 unspecified atom stereocenters. The Morgan fingerprint density at radius 1 is 1.28 bits per heavy atom. The van der Waals surface area contributed by atoms with Crippen LogP contribution in [0.3, 0.4) is 0 Å². The summed E-state index contributed by atoms with van der Waals surface area (Å²) in [5.41, 5.74) is -0.990. The molecule has 0 spiro atoms. The molecule has 29 heavy (non-hydrogen) atoms. The maximum absolute atomic E-state index is 13.0. The molecule has 3 aromatic rings. The van der Waals surface area contributed by atoms with Crippen molar-refractivity contribution in [2.45, 2.75) is 31.9 Å². The highest BCUT2D eigenvalue weighted by Gasteiger charge is 2.33. The van der Waals surface area contributed by atoms with Gasteiger partial charge in [0.15, 0.2) is 0 Å². The maximum atomic E-state index is 13.0. The van der Waals surface area contributed by atoms with Gasteiger partial charge in [-0.25, -0.2) is 4.98 Å². The second kappa shape index (κ2) is 7.29. The van der Waals surface area contributed by atoms with E-state index in [1.807, 2.05) is 13.0 Å². The Hall–Kier alpha value is -2.68. The van der Waals surface area contributed by atoms with Crippen LogP contribution in [0.5, 0.6) is 0 Å². The van der Waals surface area contributed by atoms with Gasteiger partial charge in [0, 0.05) is 29.6 Å². The standard InChI is InChI=1S/C20H18F3N3O2S/c1-11-4-6-16(29-11)19(28)26-8-2-3-12(10-26)14-9-15-13(18(27)25-14)5-7-17(24-15)20(21,22)23/h4-7,9,12H,2-3,8,10H2,1H3,(H,25,27)/t12-/m1/s1. The van der Waals surface area contributed by atoms with Crippen molar-refractivity contribution >= 4 is 28.1 Å². The molecule has 1 aliphatic heterocycles. The number of carbonyl (C=O) groups excluding carboxylic acids is 1. The van der Waals surface area contributed by atoms with Crippen LogP contribution >= 0.6 is 11.3 Å². The molecule has 152 valence electrons. The van der Waals surface area contributed by atoms with Crippen molar-refractivity contribution in [3.05, 3.63) is 61.8 Å². The van der Waals surface area contributed by atoms with Crippen LogP contribution in [0.4, 0.5) is 13.2 Å². The fourth-order valence-electron chi connectivity index (χ4n) is 3.66. The Labute approximate surface area is 168 Å². The number of hydrogen-bond acceptors (Lipinski definition) is 4. The Bertz CT molecular complexity index is 1140.